The summed E-state index contributed by atoms with van der Waals surface area (Å²) in [6.45, 7) is 0. The second-order valence-corrected chi connectivity index (χ2v) is 6.80. The second-order valence-electron chi connectivity index (χ2n) is 5.12. The first-order chi connectivity index (χ1) is 12.0. The smallest absolute Gasteiger partial charge is 0.270 e. The molecule has 3 rings (SSSR count). The van der Waals surface area contributed by atoms with Gasteiger partial charge in [0.2, 0.25) is 0 Å². The highest BCUT2D eigenvalue weighted by Gasteiger charge is 2.33. The molecule has 1 saturated heterocycles. The number of carbonyl (C=O) groups excluding carboxylic acids is 2. The lowest BCUT2D eigenvalue weighted by Gasteiger charge is -2.15. The van der Waals surface area contributed by atoms with Crippen molar-refractivity contribution in [2.75, 3.05) is 12.0 Å². The van der Waals surface area contributed by atoms with Crippen LogP contribution in [0.25, 0.3) is 6.08 Å². The van der Waals surface area contributed by atoms with Gasteiger partial charge in [0.25, 0.3) is 5.91 Å². The molecule has 0 bridgehead atoms. The molecular weight excluding hydrogens is 358 g/mol. The van der Waals surface area contributed by atoms with Gasteiger partial charge in [-0.15, -0.1) is 0 Å². The zero-order chi connectivity index (χ0) is 18.0. The summed E-state index contributed by atoms with van der Waals surface area (Å²) in [7, 11) is 1.59. The highest BCUT2D eigenvalue weighted by atomic mass is 32.2. The van der Waals surface area contributed by atoms with Gasteiger partial charge >= 0.3 is 0 Å². The highest BCUT2D eigenvalue weighted by Crippen LogP contribution is 2.36. The normalized spacial score (nSPS) is 15.7. The van der Waals surface area contributed by atoms with E-state index in [0.29, 0.717) is 14.9 Å². The Kier molecular flexibility index (Phi) is 4.87. The Balaban J connectivity index is 1.86. The Morgan fingerprint density at radius 1 is 1.16 bits per heavy atom. The van der Waals surface area contributed by atoms with Crippen molar-refractivity contribution < 1.29 is 19.4 Å². The second kappa shape index (κ2) is 7.08. The van der Waals surface area contributed by atoms with Crippen LogP contribution in [0.15, 0.2) is 53.4 Å². The fourth-order valence-electron chi connectivity index (χ4n) is 2.29. The highest BCUT2D eigenvalue weighted by molar-refractivity contribution is 8.27. The average molecular weight is 370 g/mol. The van der Waals surface area contributed by atoms with E-state index in [1.165, 1.54) is 40.9 Å². The minimum absolute atomic E-state index is 0.0444. The zero-order valence-corrected chi connectivity index (χ0v) is 14.7. The van der Waals surface area contributed by atoms with E-state index < -0.39 is 5.97 Å². The number of ether oxygens (including phenoxy) is 1. The number of carboxylic acid groups (broad SMARTS) is 1. The summed E-state index contributed by atoms with van der Waals surface area (Å²) in [6, 6.07) is 13.2. The molecule has 1 heterocycles. The van der Waals surface area contributed by atoms with Gasteiger partial charge in [-0.25, -0.2) is 0 Å². The fraction of sp³-hybridized carbons (Fsp3) is 0.0556. The summed E-state index contributed by atoms with van der Waals surface area (Å²) in [5, 5.41) is 10.8. The van der Waals surface area contributed by atoms with Crippen LogP contribution in [0.5, 0.6) is 5.75 Å². The van der Waals surface area contributed by atoms with E-state index in [0.717, 1.165) is 11.3 Å². The molecule has 1 aliphatic heterocycles. The molecule has 0 spiro atoms. The molecule has 0 aliphatic carbocycles. The standard InChI is InChI=1S/C18H13NO4S2/c1-23-14-8-2-11(3-9-14)10-15-16(20)19(18(24)25-15)13-6-4-12(5-7-13)17(21)22/h2-10H,1H3,(H,21,22)/p-1. The number of benzene rings is 2. The van der Waals surface area contributed by atoms with Crippen LogP contribution in [0.4, 0.5) is 5.69 Å². The lowest BCUT2D eigenvalue weighted by atomic mass is 10.2. The molecule has 0 saturated carbocycles. The number of aromatic carboxylic acids is 1. The van der Waals surface area contributed by atoms with Gasteiger partial charge in [0.05, 0.1) is 23.7 Å². The maximum Gasteiger partial charge on any atom is 0.270 e. The van der Waals surface area contributed by atoms with Crippen LogP contribution in [0.3, 0.4) is 0 Å². The minimum atomic E-state index is -1.27. The topological polar surface area (TPSA) is 69.7 Å². The summed E-state index contributed by atoms with van der Waals surface area (Å²) in [4.78, 5) is 25.4. The van der Waals surface area contributed by atoms with E-state index in [1.807, 2.05) is 24.3 Å². The number of carboxylic acids is 1. The Bertz CT molecular complexity index is 873. The zero-order valence-electron chi connectivity index (χ0n) is 13.1. The quantitative estimate of drug-likeness (QED) is 0.608. The predicted octanol–water partition coefficient (Wildman–Crippen LogP) is 2.46. The Morgan fingerprint density at radius 2 is 1.80 bits per heavy atom. The van der Waals surface area contributed by atoms with Gasteiger partial charge in [-0.1, -0.05) is 48.2 Å². The van der Waals surface area contributed by atoms with Gasteiger partial charge in [0.15, 0.2) is 4.32 Å². The summed E-state index contributed by atoms with van der Waals surface area (Å²) in [5.74, 6) is -0.777. The Morgan fingerprint density at radius 3 is 2.36 bits per heavy atom. The molecule has 2 aromatic carbocycles. The maximum absolute atomic E-state index is 12.7. The average Bonchev–Trinajstić information content (AvgIpc) is 2.89. The third-order valence-corrected chi connectivity index (χ3v) is 4.87. The molecule has 1 aliphatic rings. The van der Waals surface area contributed by atoms with E-state index >= 15 is 0 Å². The molecule has 0 aromatic heterocycles. The van der Waals surface area contributed by atoms with Crippen LogP contribution >= 0.6 is 24.0 Å². The number of anilines is 1. The van der Waals surface area contributed by atoms with Gasteiger partial charge < -0.3 is 14.6 Å². The van der Waals surface area contributed by atoms with Gasteiger partial charge in [-0.05, 0) is 41.5 Å². The van der Waals surface area contributed by atoms with Crippen LogP contribution in [-0.4, -0.2) is 23.3 Å². The number of amides is 1. The van der Waals surface area contributed by atoms with Crippen LogP contribution in [0.1, 0.15) is 15.9 Å². The van der Waals surface area contributed by atoms with Crippen molar-refractivity contribution in [3.05, 3.63) is 64.6 Å². The minimum Gasteiger partial charge on any atom is -0.545 e. The number of hydrogen-bond donors (Lipinski definition) is 0. The van der Waals surface area contributed by atoms with Gasteiger partial charge in [0, 0.05) is 0 Å². The van der Waals surface area contributed by atoms with Crippen LogP contribution in [0.2, 0.25) is 0 Å². The molecule has 1 amide bonds. The van der Waals surface area contributed by atoms with E-state index in [9.17, 15) is 14.7 Å². The van der Waals surface area contributed by atoms with E-state index in [-0.39, 0.29) is 11.5 Å². The van der Waals surface area contributed by atoms with Gasteiger partial charge in [-0.3, -0.25) is 9.69 Å². The molecule has 126 valence electrons. The van der Waals surface area contributed by atoms with Crippen molar-refractivity contribution in [3.63, 3.8) is 0 Å². The summed E-state index contributed by atoms with van der Waals surface area (Å²) < 4.78 is 5.51. The third kappa shape index (κ3) is 3.57. The first-order valence-electron chi connectivity index (χ1n) is 7.23. The van der Waals surface area contributed by atoms with E-state index in [4.69, 9.17) is 17.0 Å². The molecule has 5 nitrogen and oxygen atoms in total. The monoisotopic (exact) mass is 370 g/mol. The van der Waals surface area contributed by atoms with Crippen LogP contribution < -0.4 is 14.7 Å². The van der Waals surface area contributed by atoms with Gasteiger partial charge in [-0.2, -0.15) is 0 Å². The molecule has 25 heavy (non-hydrogen) atoms. The molecular formula is C18H12NO4S2-. The third-order valence-electron chi connectivity index (χ3n) is 3.57. The molecule has 0 N–H and O–H groups in total. The Labute approximate surface area is 153 Å². The number of thiocarbonyl (C=S) groups is 1. The molecule has 1 fully saturated rings. The largest absolute Gasteiger partial charge is 0.545 e. The number of thioether (sulfide) groups is 1. The summed E-state index contributed by atoms with van der Waals surface area (Å²) in [5.41, 5.74) is 1.42. The van der Waals surface area contributed by atoms with E-state index in [1.54, 1.807) is 13.2 Å². The van der Waals surface area contributed by atoms with Crippen molar-refractivity contribution in [2.24, 2.45) is 0 Å². The lowest BCUT2D eigenvalue weighted by molar-refractivity contribution is -0.255. The van der Waals surface area contributed by atoms with Crippen LogP contribution in [0, 0.1) is 0 Å². The van der Waals surface area contributed by atoms with Crippen molar-refractivity contribution in [2.45, 2.75) is 0 Å². The number of methoxy groups -OCH3 is 1. The number of carbonyl (C=O) groups is 2. The molecule has 0 atom stereocenters. The van der Waals surface area contributed by atoms with E-state index in [2.05, 4.69) is 0 Å². The maximum atomic E-state index is 12.7. The van der Waals surface area contributed by atoms with Crippen molar-refractivity contribution in [1.29, 1.82) is 0 Å². The first-order valence-corrected chi connectivity index (χ1v) is 8.45. The first kappa shape index (κ1) is 17.2. The molecule has 0 radical (unpaired) electrons. The molecule has 0 unspecified atom stereocenters. The Hall–Kier alpha value is -2.64. The van der Waals surface area contributed by atoms with Crippen molar-refractivity contribution >= 4 is 51.9 Å². The van der Waals surface area contributed by atoms with Gasteiger partial charge in [0.1, 0.15) is 5.75 Å². The molecule has 7 heteroatoms. The molecule has 2 aromatic rings. The van der Waals surface area contributed by atoms with Crippen molar-refractivity contribution in [1.82, 2.24) is 0 Å². The summed E-state index contributed by atoms with van der Waals surface area (Å²) in [6.07, 6.45) is 1.76. The number of rotatable bonds is 4. The summed E-state index contributed by atoms with van der Waals surface area (Å²) >= 11 is 6.50. The number of hydrogen-bond acceptors (Lipinski definition) is 6. The lowest BCUT2D eigenvalue weighted by Crippen LogP contribution is -2.28. The SMILES string of the molecule is COc1ccc(C=C2SC(=S)N(c3ccc(C(=O)[O-])cc3)C2=O)cc1. The number of nitrogens with zero attached hydrogens (tertiary/aromatic N) is 1. The van der Waals surface area contributed by atoms with Crippen molar-refractivity contribution in [3.8, 4) is 5.75 Å². The fourth-order valence-corrected chi connectivity index (χ4v) is 3.59. The van der Waals surface area contributed by atoms with Crippen LogP contribution in [-0.2, 0) is 4.79 Å². The predicted molar refractivity (Wildman–Crippen MR) is 99.4 cm³/mol.